The van der Waals surface area contributed by atoms with E-state index in [0.717, 1.165) is 11.3 Å². The molecule has 0 aliphatic heterocycles. The Balaban J connectivity index is 2.37. The van der Waals surface area contributed by atoms with E-state index in [1.807, 2.05) is 0 Å². The monoisotopic (exact) mass is 311 g/mol. The van der Waals surface area contributed by atoms with Crippen LogP contribution in [0.3, 0.4) is 0 Å². The number of nitrogens with two attached hydrogens (primary N) is 1. The van der Waals surface area contributed by atoms with E-state index in [0.29, 0.717) is 5.69 Å². The van der Waals surface area contributed by atoms with Crippen molar-refractivity contribution >= 4 is 38.6 Å². The number of anilines is 2. The second-order valence-electron chi connectivity index (χ2n) is 3.93. The van der Waals surface area contributed by atoms with E-state index < -0.39 is 10.0 Å². The molecule has 2 aromatic rings. The summed E-state index contributed by atoms with van der Waals surface area (Å²) in [7, 11) is -2.27. The zero-order valence-electron chi connectivity index (χ0n) is 10.6. The van der Waals surface area contributed by atoms with Gasteiger partial charge in [-0.3, -0.25) is 9.52 Å². The quantitative estimate of drug-likeness (QED) is 0.796. The van der Waals surface area contributed by atoms with Crippen molar-refractivity contribution in [1.29, 1.82) is 0 Å². The second kappa shape index (κ2) is 5.51. The van der Waals surface area contributed by atoms with Gasteiger partial charge in [0.05, 0.1) is 11.3 Å². The molecule has 0 aliphatic rings. The van der Waals surface area contributed by atoms with Crippen LogP contribution in [0.4, 0.5) is 11.4 Å². The van der Waals surface area contributed by atoms with Gasteiger partial charge in [-0.15, -0.1) is 11.3 Å². The van der Waals surface area contributed by atoms with Crippen molar-refractivity contribution < 1.29 is 13.2 Å². The number of rotatable bonds is 4. The van der Waals surface area contributed by atoms with Crippen LogP contribution >= 0.6 is 11.3 Å². The largest absolute Gasteiger partial charge is 0.398 e. The van der Waals surface area contributed by atoms with Crippen molar-refractivity contribution in [1.82, 2.24) is 5.32 Å². The van der Waals surface area contributed by atoms with E-state index in [9.17, 15) is 13.2 Å². The van der Waals surface area contributed by atoms with Gasteiger partial charge >= 0.3 is 0 Å². The van der Waals surface area contributed by atoms with Gasteiger partial charge in [0, 0.05) is 18.1 Å². The van der Waals surface area contributed by atoms with Crippen LogP contribution in [0, 0.1) is 0 Å². The molecule has 106 valence electrons. The van der Waals surface area contributed by atoms with Crippen LogP contribution in [0.1, 0.15) is 10.4 Å². The van der Waals surface area contributed by atoms with E-state index in [4.69, 9.17) is 5.73 Å². The summed E-state index contributed by atoms with van der Waals surface area (Å²) in [6.07, 6.45) is 0. The molecule has 1 amide bonds. The van der Waals surface area contributed by atoms with Gasteiger partial charge < -0.3 is 11.1 Å². The van der Waals surface area contributed by atoms with Crippen molar-refractivity contribution in [3.05, 3.63) is 41.3 Å². The highest BCUT2D eigenvalue weighted by Crippen LogP contribution is 2.25. The Morgan fingerprint density at radius 1 is 1.30 bits per heavy atom. The van der Waals surface area contributed by atoms with Crippen LogP contribution in [-0.4, -0.2) is 21.4 Å². The first-order valence-corrected chi connectivity index (χ1v) is 7.98. The van der Waals surface area contributed by atoms with E-state index in [1.54, 1.807) is 23.6 Å². The Labute approximate surface area is 120 Å². The maximum atomic E-state index is 12.2. The highest BCUT2D eigenvalue weighted by Gasteiger charge is 2.19. The third kappa shape index (κ3) is 2.91. The molecular formula is C12H13N3O3S2. The number of para-hydroxylation sites is 1. The Bertz CT molecular complexity index is 738. The normalized spacial score (nSPS) is 11.1. The minimum Gasteiger partial charge on any atom is -0.398 e. The lowest BCUT2D eigenvalue weighted by Crippen LogP contribution is -2.21. The molecule has 0 saturated carbocycles. The summed E-state index contributed by atoms with van der Waals surface area (Å²) < 4.78 is 26.9. The summed E-state index contributed by atoms with van der Waals surface area (Å²) in [6, 6.07) is 7.74. The molecule has 1 heterocycles. The van der Waals surface area contributed by atoms with E-state index in [2.05, 4.69) is 10.0 Å². The van der Waals surface area contributed by atoms with E-state index in [-0.39, 0.29) is 21.4 Å². The van der Waals surface area contributed by atoms with Crippen LogP contribution in [0.15, 0.2) is 39.9 Å². The number of nitrogen functional groups attached to an aromatic ring is 1. The van der Waals surface area contributed by atoms with Crippen LogP contribution in [0.25, 0.3) is 0 Å². The number of hydrogen-bond acceptors (Lipinski definition) is 5. The van der Waals surface area contributed by atoms with Gasteiger partial charge in [0.25, 0.3) is 15.9 Å². The molecular weight excluding hydrogens is 298 g/mol. The highest BCUT2D eigenvalue weighted by molar-refractivity contribution is 7.94. The predicted octanol–water partition coefficient (Wildman–Crippen LogP) is 1.49. The molecule has 0 spiro atoms. The Hall–Kier alpha value is -2.06. The molecule has 0 radical (unpaired) electrons. The number of benzene rings is 1. The van der Waals surface area contributed by atoms with Gasteiger partial charge in [0.2, 0.25) is 0 Å². The minimum absolute atomic E-state index is 0.0988. The van der Waals surface area contributed by atoms with Crippen molar-refractivity contribution in [3.8, 4) is 0 Å². The number of hydrogen-bond donors (Lipinski definition) is 3. The standard InChI is InChI=1S/C12H13N3O3S2/c1-14-12(16)9-4-2-3-5-10(9)15-20(17,18)11-6-8(13)7-19-11/h2-7,15H,13H2,1H3,(H,14,16). The lowest BCUT2D eigenvalue weighted by Gasteiger charge is -2.10. The first kappa shape index (κ1) is 14.4. The Kier molecular flexibility index (Phi) is 3.96. The number of sulfonamides is 1. The van der Waals surface area contributed by atoms with Crippen molar-refractivity contribution in [2.45, 2.75) is 4.21 Å². The van der Waals surface area contributed by atoms with Crippen LogP contribution in [0.2, 0.25) is 0 Å². The molecule has 0 atom stereocenters. The predicted molar refractivity (Wildman–Crippen MR) is 79.4 cm³/mol. The van der Waals surface area contributed by atoms with Gasteiger partial charge in [-0.1, -0.05) is 12.1 Å². The molecule has 1 aromatic carbocycles. The number of carbonyl (C=O) groups is 1. The first-order valence-electron chi connectivity index (χ1n) is 5.62. The van der Waals surface area contributed by atoms with Gasteiger partial charge in [-0.05, 0) is 18.2 Å². The molecule has 6 nitrogen and oxygen atoms in total. The topological polar surface area (TPSA) is 101 Å². The fourth-order valence-corrected chi connectivity index (χ4v) is 3.73. The van der Waals surface area contributed by atoms with Gasteiger partial charge in [-0.25, -0.2) is 8.42 Å². The van der Waals surface area contributed by atoms with Gasteiger partial charge in [-0.2, -0.15) is 0 Å². The molecule has 0 aliphatic carbocycles. The summed E-state index contributed by atoms with van der Waals surface area (Å²) in [5.41, 5.74) is 6.38. The summed E-state index contributed by atoms with van der Waals surface area (Å²) in [5.74, 6) is -0.367. The van der Waals surface area contributed by atoms with Crippen molar-refractivity contribution in [2.75, 3.05) is 17.5 Å². The molecule has 20 heavy (non-hydrogen) atoms. The average Bonchev–Trinajstić information content (AvgIpc) is 2.86. The van der Waals surface area contributed by atoms with Crippen LogP contribution < -0.4 is 15.8 Å². The molecule has 2 rings (SSSR count). The zero-order valence-corrected chi connectivity index (χ0v) is 12.2. The Morgan fingerprint density at radius 2 is 2.00 bits per heavy atom. The van der Waals surface area contributed by atoms with Crippen LogP contribution in [-0.2, 0) is 10.0 Å². The maximum Gasteiger partial charge on any atom is 0.271 e. The van der Waals surface area contributed by atoms with Gasteiger partial charge in [0.1, 0.15) is 4.21 Å². The number of thiophene rings is 1. The Morgan fingerprint density at radius 3 is 2.60 bits per heavy atom. The first-order chi connectivity index (χ1) is 9.44. The number of nitrogens with one attached hydrogen (secondary N) is 2. The summed E-state index contributed by atoms with van der Waals surface area (Å²) in [6.45, 7) is 0. The number of amides is 1. The SMILES string of the molecule is CNC(=O)c1ccccc1NS(=O)(=O)c1cc(N)cs1. The number of carbonyl (C=O) groups excluding carboxylic acids is 1. The van der Waals surface area contributed by atoms with Crippen LogP contribution in [0.5, 0.6) is 0 Å². The third-order valence-corrected chi connectivity index (χ3v) is 5.33. The zero-order chi connectivity index (χ0) is 14.8. The fourth-order valence-electron chi connectivity index (χ4n) is 1.57. The maximum absolute atomic E-state index is 12.2. The second-order valence-corrected chi connectivity index (χ2v) is 6.75. The minimum atomic E-state index is -3.75. The lowest BCUT2D eigenvalue weighted by molar-refractivity contribution is 0.0964. The molecule has 0 unspecified atom stereocenters. The third-order valence-electron chi connectivity index (χ3n) is 2.50. The fraction of sp³-hybridized carbons (Fsp3) is 0.0833. The smallest absolute Gasteiger partial charge is 0.271 e. The van der Waals surface area contributed by atoms with Crippen molar-refractivity contribution in [3.63, 3.8) is 0 Å². The average molecular weight is 311 g/mol. The molecule has 0 fully saturated rings. The van der Waals surface area contributed by atoms with E-state index in [1.165, 1.54) is 19.2 Å². The molecule has 0 saturated heterocycles. The van der Waals surface area contributed by atoms with Gasteiger partial charge in [0.15, 0.2) is 0 Å². The summed E-state index contributed by atoms with van der Waals surface area (Å²) >= 11 is 1.02. The highest BCUT2D eigenvalue weighted by atomic mass is 32.2. The molecule has 1 aromatic heterocycles. The van der Waals surface area contributed by atoms with E-state index >= 15 is 0 Å². The molecule has 4 N–H and O–H groups in total. The molecule has 8 heteroatoms. The summed E-state index contributed by atoms with van der Waals surface area (Å²) in [5, 5.41) is 4.00. The molecule has 0 bridgehead atoms. The van der Waals surface area contributed by atoms with Crippen molar-refractivity contribution in [2.24, 2.45) is 0 Å². The summed E-state index contributed by atoms with van der Waals surface area (Å²) in [4.78, 5) is 11.7. The lowest BCUT2D eigenvalue weighted by atomic mass is 10.2.